The summed E-state index contributed by atoms with van der Waals surface area (Å²) in [6.45, 7) is 2.66. The van der Waals surface area contributed by atoms with Gasteiger partial charge in [0.2, 0.25) is 10.0 Å². The molecule has 2 heterocycles. The van der Waals surface area contributed by atoms with Crippen molar-refractivity contribution in [2.45, 2.75) is 11.3 Å². The molecule has 33 heavy (non-hydrogen) atoms. The minimum absolute atomic E-state index is 0.178. The van der Waals surface area contributed by atoms with E-state index in [1.807, 2.05) is 6.07 Å². The molecular weight excluding hydrogens is 442 g/mol. The van der Waals surface area contributed by atoms with Crippen LogP contribution < -0.4 is 10.3 Å². The highest BCUT2D eigenvalue weighted by atomic mass is 32.2. The standard InChI is InChI=1S/C23H25N5O4S/c1-26-22(25-21-8-3-17(16-24)15-20(21)23(26)29)9-10-27-11-13-28(14-12-27)33(30,31)19-6-4-18(32-2)5-7-19/h3-8,15H,9-14H2,1-2H3. The highest BCUT2D eigenvalue weighted by Gasteiger charge is 2.28. The van der Waals surface area contributed by atoms with E-state index in [0.717, 1.165) is 0 Å². The summed E-state index contributed by atoms with van der Waals surface area (Å²) in [5.41, 5.74) is 0.821. The van der Waals surface area contributed by atoms with Crippen LogP contribution in [-0.2, 0) is 23.5 Å². The number of benzene rings is 2. The maximum atomic E-state index is 12.9. The Balaban J connectivity index is 1.40. The third-order valence-corrected chi connectivity index (χ3v) is 7.89. The summed E-state index contributed by atoms with van der Waals surface area (Å²) < 4.78 is 34.0. The molecule has 1 saturated heterocycles. The minimum Gasteiger partial charge on any atom is -0.497 e. The van der Waals surface area contributed by atoms with Crippen LogP contribution in [0.2, 0.25) is 0 Å². The number of ether oxygens (including phenoxy) is 1. The highest BCUT2D eigenvalue weighted by molar-refractivity contribution is 7.89. The normalized spacial score (nSPS) is 15.4. The molecule has 9 nitrogen and oxygen atoms in total. The predicted molar refractivity (Wildman–Crippen MR) is 124 cm³/mol. The first-order valence-corrected chi connectivity index (χ1v) is 12.0. The molecule has 0 amide bonds. The molecule has 0 aliphatic carbocycles. The highest BCUT2D eigenvalue weighted by Crippen LogP contribution is 2.21. The van der Waals surface area contributed by atoms with Crippen molar-refractivity contribution in [1.82, 2.24) is 18.8 Å². The monoisotopic (exact) mass is 467 g/mol. The smallest absolute Gasteiger partial charge is 0.261 e. The second kappa shape index (κ2) is 9.31. The Morgan fingerprint density at radius 1 is 1.09 bits per heavy atom. The Morgan fingerprint density at radius 3 is 2.42 bits per heavy atom. The van der Waals surface area contributed by atoms with Gasteiger partial charge in [-0.3, -0.25) is 9.36 Å². The van der Waals surface area contributed by atoms with Crippen LogP contribution in [0, 0.1) is 11.3 Å². The number of hydrogen-bond donors (Lipinski definition) is 0. The predicted octanol–water partition coefficient (Wildman–Crippen LogP) is 1.36. The number of aromatic nitrogens is 2. The van der Waals surface area contributed by atoms with Crippen LogP contribution in [0.5, 0.6) is 5.75 Å². The lowest BCUT2D eigenvalue weighted by Crippen LogP contribution is -2.49. The molecule has 0 atom stereocenters. The first-order chi connectivity index (χ1) is 15.8. The Morgan fingerprint density at radius 2 is 1.79 bits per heavy atom. The first-order valence-electron chi connectivity index (χ1n) is 10.6. The zero-order chi connectivity index (χ0) is 23.6. The van der Waals surface area contributed by atoms with Crippen molar-refractivity contribution in [3.05, 3.63) is 64.2 Å². The molecule has 10 heteroatoms. The lowest BCUT2D eigenvalue weighted by Gasteiger charge is -2.34. The molecule has 1 aliphatic heterocycles. The molecule has 0 spiro atoms. The minimum atomic E-state index is -3.55. The molecule has 172 valence electrons. The third-order valence-electron chi connectivity index (χ3n) is 5.98. The summed E-state index contributed by atoms with van der Waals surface area (Å²) in [6, 6.07) is 13.4. The summed E-state index contributed by atoms with van der Waals surface area (Å²) in [5, 5.41) is 9.49. The van der Waals surface area contributed by atoms with Crippen molar-refractivity contribution in [2.24, 2.45) is 7.05 Å². The van der Waals surface area contributed by atoms with Gasteiger partial charge in [-0.15, -0.1) is 0 Å². The molecule has 3 aromatic rings. The molecular formula is C23H25N5O4S. The van der Waals surface area contributed by atoms with Gasteiger partial charge in [0, 0.05) is 46.2 Å². The van der Waals surface area contributed by atoms with Crippen LogP contribution in [0.1, 0.15) is 11.4 Å². The van der Waals surface area contributed by atoms with E-state index < -0.39 is 10.0 Å². The van der Waals surface area contributed by atoms with Crippen molar-refractivity contribution in [2.75, 3.05) is 39.8 Å². The van der Waals surface area contributed by atoms with Crippen molar-refractivity contribution in [3.63, 3.8) is 0 Å². The summed E-state index contributed by atoms with van der Waals surface area (Å²) in [4.78, 5) is 19.8. The van der Waals surface area contributed by atoms with Gasteiger partial charge in [0.1, 0.15) is 11.6 Å². The number of fused-ring (bicyclic) bond motifs is 1. The van der Waals surface area contributed by atoms with Gasteiger partial charge in [0.15, 0.2) is 0 Å². The summed E-state index contributed by atoms with van der Waals surface area (Å²) in [5.74, 6) is 1.27. The molecule has 1 fully saturated rings. The Bertz CT molecular complexity index is 1370. The molecule has 0 N–H and O–H groups in total. The zero-order valence-corrected chi connectivity index (χ0v) is 19.4. The third kappa shape index (κ3) is 4.61. The molecule has 0 bridgehead atoms. The van der Waals surface area contributed by atoms with Crippen LogP contribution in [0.25, 0.3) is 10.9 Å². The molecule has 4 rings (SSSR count). The van der Waals surface area contributed by atoms with Crippen LogP contribution in [0.15, 0.2) is 52.2 Å². The fraction of sp³-hybridized carbons (Fsp3) is 0.348. The van der Waals surface area contributed by atoms with Crippen LogP contribution in [0.3, 0.4) is 0 Å². The maximum absolute atomic E-state index is 12.9. The number of hydrogen-bond acceptors (Lipinski definition) is 7. The molecule has 1 aromatic heterocycles. The number of nitrogens with zero attached hydrogens (tertiary/aromatic N) is 5. The number of piperazine rings is 1. The molecule has 0 saturated carbocycles. The van der Waals surface area contributed by atoms with E-state index in [4.69, 9.17) is 10.00 Å². The fourth-order valence-electron chi connectivity index (χ4n) is 3.96. The Hall–Kier alpha value is -3.26. The number of methoxy groups -OCH3 is 1. The summed E-state index contributed by atoms with van der Waals surface area (Å²) >= 11 is 0. The van der Waals surface area contributed by atoms with E-state index in [0.29, 0.717) is 67.2 Å². The van der Waals surface area contributed by atoms with E-state index in [1.165, 1.54) is 8.87 Å². The first kappa shape index (κ1) is 22.9. The van der Waals surface area contributed by atoms with E-state index in [9.17, 15) is 13.2 Å². The van der Waals surface area contributed by atoms with Gasteiger partial charge in [-0.25, -0.2) is 13.4 Å². The number of sulfonamides is 1. The largest absolute Gasteiger partial charge is 0.497 e. The van der Waals surface area contributed by atoms with Gasteiger partial charge in [0.25, 0.3) is 5.56 Å². The molecule has 0 unspecified atom stereocenters. The van der Waals surface area contributed by atoms with E-state index in [-0.39, 0.29) is 10.5 Å². The van der Waals surface area contributed by atoms with E-state index in [1.54, 1.807) is 56.6 Å². The Kier molecular flexibility index (Phi) is 6.47. The van der Waals surface area contributed by atoms with Gasteiger partial charge in [-0.1, -0.05) is 0 Å². The van der Waals surface area contributed by atoms with Gasteiger partial charge in [0.05, 0.1) is 34.5 Å². The SMILES string of the molecule is COc1ccc(S(=O)(=O)N2CCN(CCc3nc4ccc(C#N)cc4c(=O)n3C)CC2)cc1. The van der Waals surface area contributed by atoms with Gasteiger partial charge < -0.3 is 9.64 Å². The summed E-state index contributed by atoms with van der Waals surface area (Å²) in [7, 11) is -0.326. The maximum Gasteiger partial charge on any atom is 0.261 e. The Labute approximate surface area is 192 Å². The lowest BCUT2D eigenvalue weighted by molar-refractivity contribution is 0.189. The lowest BCUT2D eigenvalue weighted by atomic mass is 10.1. The average Bonchev–Trinajstić information content (AvgIpc) is 2.85. The van der Waals surface area contributed by atoms with Crippen molar-refractivity contribution in [1.29, 1.82) is 5.26 Å². The quantitative estimate of drug-likeness (QED) is 0.539. The fourth-order valence-corrected chi connectivity index (χ4v) is 5.38. The van der Waals surface area contributed by atoms with Crippen LogP contribution in [0.4, 0.5) is 0 Å². The van der Waals surface area contributed by atoms with Crippen LogP contribution >= 0.6 is 0 Å². The number of rotatable bonds is 6. The topological polar surface area (TPSA) is 109 Å². The van der Waals surface area contributed by atoms with E-state index >= 15 is 0 Å². The van der Waals surface area contributed by atoms with E-state index in [2.05, 4.69) is 9.88 Å². The average molecular weight is 468 g/mol. The summed E-state index contributed by atoms with van der Waals surface area (Å²) in [6.07, 6.45) is 0.562. The molecule has 0 radical (unpaired) electrons. The molecule has 2 aromatic carbocycles. The second-order valence-electron chi connectivity index (χ2n) is 7.91. The van der Waals surface area contributed by atoms with Gasteiger partial charge in [-0.2, -0.15) is 9.57 Å². The van der Waals surface area contributed by atoms with Gasteiger partial charge >= 0.3 is 0 Å². The van der Waals surface area contributed by atoms with Crippen molar-refractivity contribution < 1.29 is 13.2 Å². The zero-order valence-electron chi connectivity index (χ0n) is 18.6. The second-order valence-corrected chi connectivity index (χ2v) is 9.85. The van der Waals surface area contributed by atoms with Crippen molar-refractivity contribution >= 4 is 20.9 Å². The van der Waals surface area contributed by atoms with Gasteiger partial charge in [-0.05, 0) is 42.5 Å². The van der Waals surface area contributed by atoms with Crippen molar-refractivity contribution in [3.8, 4) is 11.8 Å². The van der Waals surface area contributed by atoms with Crippen LogP contribution in [-0.4, -0.2) is 67.0 Å². The molecule has 1 aliphatic rings. The number of nitriles is 1.